The number of thiazole rings is 1. The van der Waals surface area contributed by atoms with E-state index in [9.17, 15) is 22.8 Å². The fourth-order valence-electron chi connectivity index (χ4n) is 3.83. The number of carbonyl (C=O) groups is 3. The molecule has 0 spiro atoms. The van der Waals surface area contributed by atoms with Crippen molar-refractivity contribution >= 4 is 49.0 Å². The van der Waals surface area contributed by atoms with Gasteiger partial charge in [0.1, 0.15) is 17.4 Å². The summed E-state index contributed by atoms with van der Waals surface area (Å²) in [5, 5.41) is 11.5. The van der Waals surface area contributed by atoms with E-state index in [-0.39, 0.29) is 35.4 Å². The minimum Gasteiger partial charge on any atom is -0.389 e. The number of carbonyl (C=O) groups excluding carboxylic acids is 3. The van der Waals surface area contributed by atoms with Crippen molar-refractivity contribution in [3.8, 4) is 11.1 Å². The Hall–Kier alpha value is -3.22. The second-order valence-corrected chi connectivity index (χ2v) is 13.2. The average molecular weight is 562 g/mol. The Morgan fingerprint density at radius 2 is 1.84 bits per heavy atom. The zero-order valence-corrected chi connectivity index (χ0v) is 22.5. The highest BCUT2D eigenvalue weighted by atomic mass is 32.2. The number of amides is 2. The first-order chi connectivity index (χ1) is 18.0. The smallest absolute Gasteiger partial charge is 0.245 e. The monoisotopic (exact) mass is 561 g/mol. The molecule has 38 heavy (non-hydrogen) atoms. The number of aliphatic hydroxyl groups excluding tert-OH is 1. The van der Waals surface area contributed by atoms with Crippen LogP contribution in [0, 0.1) is 5.82 Å². The molecule has 3 N–H and O–H groups in total. The van der Waals surface area contributed by atoms with Crippen LogP contribution in [0.2, 0.25) is 0 Å². The summed E-state index contributed by atoms with van der Waals surface area (Å²) in [4.78, 5) is 40.9. The molecule has 1 unspecified atom stereocenters. The van der Waals surface area contributed by atoms with Gasteiger partial charge in [0.25, 0.3) is 0 Å². The van der Waals surface area contributed by atoms with Gasteiger partial charge in [-0.2, -0.15) is 0 Å². The minimum atomic E-state index is -4.02. The molecular weight excluding hydrogens is 533 g/mol. The zero-order chi connectivity index (χ0) is 27.6. The fourth-order valence-corrected chi connectivity index (χ4v) is 6.59. The Morgan fingerprint density at radius 1 is 1.16 bits per heavy atom. The number of aliphatic hydroxyl groups is 1. The van der Waals surface area contributed by atoms with Crippen LogP contribution >= 0.6 is 11.3 Å². The summed E-state index contributed by atoms with van der Waals surface area (Å²) in [6, 6.07) is 9.44. The van der Waals surface area contributed by atoms with E-state index < -0.39 is 44.6 Å². The lowest BCUT2D eigenvalue weighted by Crippen LogP contribution is -2.42. The Bertz CT molecular complexity index is 1480. The number of ketones is 1. The van der Waals surface area contributed by atoms with Crippen LogP contribution in [0.3, 0.4) is 0 Å². The molecule has 3 aromatic rings. The van der Waals surface area contributed by atoms with Crippen molar-refractivity contribution in [2.75, 3.05) is 13.2 Å². The van der Waals surface area contributed by atoms with Crippen molar-refractivity contribution in [1.82, 2.24) is 15.6 Å². The average Bonchev–Trinajstić information content (AvgIpc) is 3.59. The number of hydrogen-bond donors (Lipinski definition) is 3. The number of halogens is 1. The van der Waals surface area contributed by atoms with Crippen molar-refractivity contribution < 1.29 is 32.3 Å². The lowest BCUT2D eigenvalue weighted by molar-refractivity contribution is -0.126. The standard InChI is InChI=1S/C26H28FN3O6S2/c1-14(2)38(35,36)24(25(34)28-12-23(33)29-17-7-8-17)26-30-21-10-19(20(27)11-22(21)37-26)16-5-3-15(4-6-16)9-18(32)13-31/h3-6,10-11,14,17,24,31H,7-9,12-13H2,1-2H3,(H,28,34)(H,29,33). The van der Waals surface area contributed by atoms with Crippen LogP contribution in [0.4, 0.5) is 4.39 Å². The Balaban J connectivity index is 1.63. The number of rotatable bonds is 11. The Morgan fingerprint density at radius 3 is 2.45 bits per heavy atom. The highest BCUT2D eigenvalue weighted by molar-refractivity contribution is 7.93. The summed E-state index contributed by atoms with van der Waals surface area (Å²) in [6.45, 7) is 2.00. The molecule has 4 rings (SSSR count). The van der Waals surface area contributed by atoms with Crippen molar-refractivity contribution in [3.63, 3.8) is 0 Å². The van der Waals surface area contributed by atoms with Gasteiger partial charge in [-0.3, -0.25) is 14.4 Å². The molecule has 0 saturated heterocycles. The first-order valence-corrected chi connectivity index (χ1v) is 14.5. The van der Waals surface area contributed by atoms with Gasteiger partial charge in [-0.25, -0.2) is 17.8 Å². The molecule has 1 aromatic heterocycles. The van der Waals surface area contributed by atoms with Crippen molar-refractivity contribution in [1.29, 1.82) is 0 Å². The van der Waals surface area contributed by atoms with E-state index >= 15 is 4.39 Å². The van der Waals surface area contributed by atoms with E-state index in [0.29, 0.717) is 21.3 Å². The molecule has 2 amide bonds. The number of hydrogen-bond acceptors (Lipinski definition) is 8. The first-order valence-electron chi connectivity index (χ1n) is 12.1. The van der Waals surface area contributed by atoms with Crippen molar-refractivity contribution in [3.05, 3.63) is 52.8 Å². The van der Waals surface area contributed by atoms with E-state index in [4.69, 9.17) is 5.11 Å². The van der Waals surface area contributed by atoms with Crippen LogP contribution in [0.1, 0.15) is 42.5 Å². The summed E-state index contributed by atoms with van der Waals surface area (Å²) < 4.78 is 41.8. The third kappa shape index (κ3) is 6.25. The number of nitrogens with zero attached hydrogens (tertiary/aromatic N) is 1. The van der Waals surface area contributed by atoms with E-state index in [0.717, 1.165) is 24.2 Å². The van der Waals surface area contributed by atoms with Gasteiger partial charge in [0.2, 0.25) is 11.8 Å². The van der Waals surface area contributed by atoms with Crippen LogP contribution in [-0.4, -0.2) is 60.5 Å². The summed E-state index contributed by atoms with van der Waals surface area (Å²) in [5.74, 6) is -2.16. The highest BCUT2D eigenvalue weighted by Gasteiger charge is 2.39. The van der Waals surface area contributed by atoms with Gasteiger partial charge >= 0.3 is 0 Å². The maximum absolute atomic E-state index is 15.1. The molecule has 9 nitrogen and oxygen atoms in total. The van der Waals surface area contributed by atoms with Crippen LogP contribution < -0.4 is 10.6 Å². The van der Waals surface area contributed by atoms with E-state index in [2.05, 4.69) is 15.6 Å². The third-order valence-corrected chi connectivity index (χ3v) is 9.79. The molecule has 1 saturated carbocycles. The summed E-state index contributed by atoms with van der Waals surface area (Å²) in [7, 11) is -4.02. The minimum absolute atomic E-state index is 0.0109. The molecule has 12 heteroatoms. The highest BCUT2D eigenvalue weighted by Crippen LogP contribution is 2.36. The molecule has 0 bridgehead atoms. The lowest BCUT2D eigenvalue weighted by Gasteiger charge is -2.17. The second kappa shape index (κ2) is 11.3. The van der Waals surface area contributed by atoms with Gasteiger partial charge in [-0.1, -0.05) is 24.3 Å². The van der Waals surface area contributed by atoms with Crippen LogP contribution in [-0.2, 0) is 30.6 Å². The van der Waals surface area contributed by atoms with Crippen LogP contribution in [0.5, 0.6) is 0 Å². The number of Topliss-reactive ketones (excluding diaryl/α,β-unsaturated/α-hetero) is 1. The quantitative estimate of drug-likeness (QED) is 0.326. The van der Waals surface area contributed by atoms with E-state index in [1.54, 1.807) is 24.3 Å². The Labute approximate surface area is 223 Å². The van der Waals surface area contributed by atoms with Gasteiger partial charge in [-0.15, -0.1) is 11.3 Å². The maximum Gasteiger partial charge on any atom is 0.245 e. The molecule has 1 aliphatic rings. The molecule has 2 aromatic carbocycles. The molecule has 1 atom stereocenters. The number of fused-ring (bicyclic) bond motifs is 1. The largest absolute Gasteiger partial charge is 0.389 e. The fraction of sp³-hybridized carbons (Fsp3) is 0.385. The maximum atomic E-state index is 15.1. The number of sulfone groups is 1. The topological polar surface area (TPSA) is 143 Å². The van der Waals surface area contributed by atoms with Gasteiger partial charge in [0.05, 0.1) is 22.0 Å². The molecule has 1 heterocycles. The van der Waals surface area contributed by atoms with Crippen LogP contribution in [0.15, 0.2) is 36.4 Å². The number of benzene rings is 2. The van der Waals surface area contributed by atoms with Gasteiger partial charge < -0.3 is 15.7 Å². The molecule has 1 fully saturated rings. The summed E-state index contributed by atoms with van der Waals surface area (Å²) in [5.41, 5.74) is 1.73. The molecular formula is C26H28FN3O6S2. The predicted molar refractivity (Wildman–Crippen MR) is 142 cm³/mol. The molecule has 202 valence electrons. The molecule has 1 aliphatic carbocycles. The van der Waals surface area contributed by atoms with Gasteiger partial charge in [0, 0.05) is 18.0 Å². The SMILES string of the molecule is CC(C)S(=O)(=O)C(C(=O)NCC(=O)NC1CC1)c1nc2cc(-c3ccc(CC(=O)CO)cc3)c(F)cc2s1. The van der Waals surface area contributed by atoms with Crippen LogP contribution in [0.25, 0.3) is 21.3 Å². The second-order valence-electron chi connectivity index (χ2n) is 9.50. The third-order valence-electron chi connectivity index (χ3n) is 6.15. The van der Waals surface area contributed by atoms with Crippen molar-refractivity contribution in [2.45, 2.75) is 49.7 Å². The first kappa shape index (κ1) is 27.8. The molecule has 0 aliphatic heterocycles. The normalized spacial score (nSPS) is 14.4. The number of aromatic nitrogens is 1. The van der Waals surface area contributed by atoms with Crippen molar-refractivity contribution in [2.24, 2.45) is 0 Å². The lowest BCUT2D eigenvalue weighted by atomic mass is 10.0. The Kier molecular flexibility index (Phi) is 8.24. The van der Waals surface area contributed by atoms with E-state index in [1.807, 2.05) is 0 Å². The number of nitrogens with one attached hydrogen (secondary N) is 2. The summed E-state index contributed by atoms with van der Waals surface area (Å²) >= 11 is 0.910. The molecule has 0 radical (unpaired) electrons. The van der Waals surface area contributed by atoms with Gasteiger partial charge in [0.15, 0.2) is 20.9 Å². The van der Waals surface area contributed by atoms with Gasteiger partial charge in [-0.05, 0) is 49.9 Å². The zero-order valence-electron chi connectivity index (χ0n) is 20.9. The predicted octanol–water partition coefficient (Wildman–Crippen LogP) is 2.47. The summed E-state index contributed by atoms with van der Waals surface area (Å²) in [6.07, 6.45) is 1.81. The van der Waals surface area contributed by atoms with E-state index in [1.165, 1.54) is 26.0 Å².